The zero-order valence-corrected chi connectivity index (χ0v) is 20.0. The van der Waals surface area contributed by atoms with E-state index in [0.29, 0.717) is 31.0 Å². The summed E-state index contributed by atoms with van der Waals surface area (Å²) in [6, 6.07) is 25.2. The standard InChI is InChI=1S/C28H33NO5/c1-4-34-28(31)27(30)24(17-23-15-16-25(32-2)26(18-23)33-3)29(19-21-11-7-5-8-12-21)20-22-13-9-6-10-14-22/h5-16,18,24,27,30H,4,17,19-20H2,1-3H3. The van der Waals surface area contributed by atoms with Crippen LogP contribution >= 0.6 is 0 Å². The van der Waals surface area contributed by atoms with Gasteiger partial charge in [-0.1, -0.05) is 66.7 Å². The third kappa shape index (κ3) is 6.83. The number of rotatable bonds is 12. The molecule has 0 radical (unpaired) electrons. The molecule has 0 aliphatic rings. The van der Waals surface area contributed by atoms with Gasteiger partial charge in [-0.3, -0.25) is 4.90 Å². The molecule has 3 aromatic carbocycles. The summed E-state index contributed by atoms with van der Waals surface area (Å²) in [6.45, 7) is 3.06. The molecule has 0 bridgehead atoms. The number of hydrogen-bond donors (Lipinski definition) is 1. The van der Waals surface area contributed by atoms with Crippen molar-refractivity contribution in [2.24, 2.45) is 0 Å². The molecule has 6 heteroatoms. The summed E-state index contributed by atoms with van der Waals surface area (Å²) >= 11 is 0. The number of ether oxygens (including phenoxy) is 3. The van der Waals surface area contributed by atoms with Gasteiger partial charge in [-0.15, -0.1) is 0 Å². The van der Waals surface area contributed by atoms with Crippen LogP contribution in [0.5, 0.6) is 11.5 Å². The monoisotopic (exact) mass is 463 g/mol. The summed E-state index contributed by atoms with van der Waals surface area (Å²) in [7, 11) is 3.18. The van der Waals surface area contributed by atoms with Gasteiger partial charge < -0.3 is 19.3 Å². The molecule has 2 atom stereocenters. The fraction of sp³-hybridized carbons (Fsp3) is 0.321. The van der Waals surface area contributed by atoms with E-state index in [1.165, 1.54) is 0 Å². The van der Waals surface area contributed by atoms with Gasteiger partial charge in [0.1, 0.15) is 0 Å². The maximum atomic E-state index is 12.7. The minimum Gasteiger partial charge on any atom is -0.493 e. The van der Waals surface area contributed by atoms with Crippen LogP contribution in [0.15, 0.2) is 78.9 Å². The molecule has 0 saturated carbocycles. The van der Waals surface area contributed by atoms with E-state index >= 15 is 0 Å². The first-order valence-electron chi connectivity index (χ1n) is 11.4. The lowest BCUT2D eigenvalue weighted by Crippen LogP contribution is -2.48. The Kier molecular flexibility index (Phi) is 9.50. The highest BCUT2D eigenvalue weighted by Crippen LogP contribution is 2.29. The Balaban J connectivity index is 1.98. The van der Waals surface area contributed by atoms with Crippen molar-refractivity contribution in [3.8, 4) is 11.5 Å². The SMILES string of the molecule is CCOC(=O)C(O)C(Cc1ccc(OC)c(OC)c1)N(Cc1ccccc1)Cc1ccccc1. The van der Waals surface area contributed by atoms with Crippen molar-refractivity contribution < 1.29 is 24.1 Å². The maximum Gasteiger partial charge on any atom is 0.336 e. The first-order valence-corrected chi connectivity index (χ1v) is 11.4. The highest BCUT2D eigenvalue weighted by atomic mass is 16.5. The smallest absolute Gasteiger partial charge is 0.336 e. The molecular weight excluding hydrogens is 430 g/mol. The molecule has 0 spiro atoms. The van der Waals surface area contributed by atoms with E-state index in [0.717, 1.165) is 16.7 Å². The van der Waals surface area contributed by atoms with Gasteiger partial charge in [0.25, 0.3) is 0 Å². The van der Waals surface area contributed by atoms with Crippen LogP contribution in [0.2, 0.25) is 0 Å². The second-order valence-electron chi connectivity index (χ2n) is 8.03. The molecule has 0 amide bonds. The van der Waals surface area contributed by atoms with Crippen molar-refractivity contribution in [1.29, 1.82) is 0 Å². The molecule has 0 fully saturated rings. The molecule has 34 heavy (non-hydrogen) atoms. The van der Waals surface area contributed by atoms with Gasteiger partial charge in [-0.25, -0.2) is 4.79 Å². The van der Waals surface area contributed by atoms with Gasteiger partial charge in [0, 0.05) is 13.1 Å². The minimum absolute atomic E-state index is 0.205. The second kappa shape index (κ2) is 12.8. The number of carbonyl (C=O) groups excluding carboxylic acids is 1. The number of esters is 1. The Morgan fingerprint density at radius 3 is 1.88 bits per heavy atom. The number of nitrogens with zero attached hydrogens (tertiary/aromatic N) is 1. The van der Waals surface area contributed by atoms with Crippen LogP contribution in [-0.2, 0) is 29.0 Å². The van der Waals surface area contributed by atoms with E-state index in [-0.39, 0.29) is 6.61 Å². The van der Waals surface area contributed by atoms with E-state index in [9.17, 15) is 9.90 Å². The summed E-state index contributed by atoms with van der Waals surface area (Å²) in [4.78, 5) is 14.8. The van der Waals surface area contributed by atoms with Crippen LogP contribution in [0.25, 0.3) is 0 Å². The number of aliphatic hydroxyl groups is 1. The number of hydrogen-bond acceptors (Lipinski definition) is 6. The van der Waals surface area contributed by atoms with Crippen molar-refractivity contribution in [3.05, 3.63) is 95.6 Å². The molecule has 0 aromatic heterocycles. The minimum atomic E-state index is -1.32. The van der Waals surface area contributed by atoms with Gasteiger partial charge in [0.15, 0.2) is 17.6 Å². The topological polar surface area (TPSA) is 68.2 Å². The zero-order chi connectivity index (χ0) is 24.3. The van der Waals surface area contributed by atoms with Crippen LogP contribution in [0.1, 0.15) is 23.6 Å². The van der Waals surface area contributed by atoms with Crippen molar-refractivity contribution in [2.75, 3.05) is 20.8 Å². The number of aliphatic hydroxyl groups excluding tert-OH is 1. The van der Waals surface area contributed by atoms with Gasteiger partial charge in [0.2, 0.25) is 0 Å². The average Bonchev–Trinajstić information content (AvgIpc) is 2.87. The summed E-state index contributed by atoms with van der Waals surface area (Å²) in [5.74, 6) is 0.598. The Morgan fingerprint density at radius 1 is 0.824 bits per heavy atom. The third-order valence-electron chi connectivity index (χ3n) is 5.71. The number of methoxy groups -OCH3 is 2. The van der Waals surface area contributed by atoms with Crippen molar-refractivity contribution in [3.63, 3.8) is 0 Å². The number of carbonyl (C=O) groups is 1. The zero-order valence-electron chi connectivity index (χ0n) is 20.0. The van der Waals surface area contributed by atoms with Crippen molar-refractivity contribution >= 4 is 5.97 Å². The lowest BCUT2D eigenvalue weighted by Gasteiger charge is -2.34. The van der Waals surface area contributed by atoms with Crippen molar-refractivity contribution in [2.45, 2.75) is 38.6 Å². The van der Waals surface area contributed by atoms with Gasteiger partial charge in [-0.2, -0.15) is 0 Å². The third-order valence-corrected chi connectivity index (χ3v) is 5.71. The largest absolute Gasteiger partial charge is 0.493 e. The molecule has 1 N–H and O–H groups in total. The molecule has 0 aliphatic heterocycles. The van der Waals surface area contributed by atoms with E-state index in [1.807, 2.05) is 78.9 Å². The predicted octanol–water partition coefficient (Wildman–Crippen LogP) is 4.24. The molecule has 180 valence electrons. The number of benzene rings is 3. The maximum absolute atomic E-state index is 12.7. The van der Waals surface area contributed by atoms with Crippen LogP contribution in [0.3, 0.4) is 0 Å². The Labute approximate surface area is 201 Å². The average molecular weight is 464 g/mol. The van der Waals surface area contributed by atoms with Gasteiger partial charge in [-0.05, 0) is 42.2 Å². The van der Waals surface area contributed by atoms with Gasteiger partial charge >= 0.3 is 5.97 Å². The molecule has 0 saturated heterocycles. The van der Waals surface area contributed by atoms with E-state index in [4.69, 9.17) is 14.2 Å². The normalized spacial score (nSPS) is 12.7. The first kappa shape index (κ1) is 25.3. The van der Waals surface area contributed by atoms with Crippen LogP contribution in [-0.4, -0.2) is 48.9 Å². The second-order valence-corrected chi connectivity index (χ2v) is 8.03. The fourth-order valence-electron chi connectivity index (χ4n) is 4.00. The molecule has 0 heterocycles. The van der Waals surface area contributed by atoms with Crippen molar-refractivity contribution in [1.82, 2.24) is 4.90 Å². The molecule has 3 aromatic rings. The Hall–Kier alpha value is -3.35. The lowest BCUT2D eigenvalue weighted by molar-refractivity contribution is -0.157. The first-order chi connectivity index (χ1) is 16.5. The summed E-state index contributed by atoms with van der Waals surface area (Å²) < 4.78 is 16.0. The quantitative estimate of drug-likeness (QED) is 0.405. The molecule has 2 unspecified atom stereocenters. The van der Waals surface area contributed by atoms with Crippen LogP contribution in [0, 0.1) is 0 Å². The van der Waals surface area contributed by atoms with E-state index in [1.54, 1.807) is 21.1 Å². The van der Waals surface area contributed by atoms with E-state index in [2.05, 4.69) is 4.90 Å². The molecule has 0 aliphatic carbocycles. The van der Waals surface area contributed by atoms with Gasteiger partial charge in [0.05, 0.1) is 26.9 Å². The fourth-order valence-corrected chi connectivity index (χ4v) is 4.00. The van der Waals surface area contributed by atoms with Crippen LogP contribution in [0.4, 0.5) is 0 Å². The Bertz CT molecular complexity index is 984. The van der Waals surface area contributed by atoms with Crippen LogP contribution < -0.4 is 9.47 Å². The van der Waals surface area contributed by atoms with E-state index < -0.39 is 18.1 Å². The molecular formula is C28H33NO5. The predicted molar refractivity (Wildman–Crippen MR) is 132 cm³/mol. The summed E-state index contributed by atoms with van der Waals surface area (Å²) in [5.41, 5.74) is 3.09. The Morgan fingerprint density at radius 2 is 1.38 bits per heavy atom. The highest BCUT2D eigenvalue weighted by molar-refractivity contribution is 5.75. The lowest BCUT2D eigenvalue weighted by atomic mass is 9.97. The summed E-state index contributed by atoms with van der Waals surface area (Å²) in [6.07, 6.45) is -0.902. The molecule has 3 rings (SSSR count). The highest BCUT2D eigenvalue weighted by Gasteiger charge is 2.33. The molecule has 6 nitrogen and oxygen atoms in total. The summed E-state index contributed by atoms with van der Waals surface area (Å²) in [5, 5.41) is 11.2.